The van der Waals surface area contributed by atoms with Crippen LogP contribution in [0.25, 0.3) is 11.1 Å². The molecule has 2 aromatic heterocycles. The number of methoxy groups -OCH3 is 1. The molecule has 1 aliphatic heterocycles. The van der Waals surface area contributed by atoms with Crippen molar-refractivity contribution in [1.29, 1.82) is 5.26 Å². The Morgan fingerprint density at radius 2 is 1.92 bits per heavy atom. The summed E-state index contributed by atoms with van der Waals surface area (Å²) in [6.07, 6.45) is 10.5. The molecule has 0 unspecified atom stereocenters. The van der Waals surface area contributed by atoms with Crippen LogP contribution in [0.3, 0.4) is 0 Å². The Labute approximate surface area is 230 Å². The summed E-state index contributed by atoms with van der Waals surface area (Å²) in [6.45, 7) is 4.61. The fourth-order valence-corrected chi connectivity index (χ4v) is 5.80. The van der Waals surface area contributed by atoms with Gasteiger partial charge in [0.25, 0.3) is 0 Å². The number of aromatic nitrogens is 2. The number of rotatable bonds is 10. The van der Waals surface area contributed by atoms with E-state index >= 15 is 0 Å². The Hall–Kier alpha value is -1.95. The average Bonchev–Trinajstić information content (AvgIpc) is 2.91. The Morgan fingerprint density at radius 1 is 1.16 bits per heavy atom. The topological polar surface area (TPSA) is 92.1 Å². The largest absolute Gasteiger partial charge is 0.383 e. The first-order valence-electron chi connectivity index (χ1n) is 13.2. The summed E-state index contributed by atoms with van der Waals surface area (Å²) in [5.74, 6) is 0.611. The van der Waals surface area contributed by atoms with Crippen molar-refractivity contribution in [2.45, 2.75) is 64.0 Å². The zero-order valence-corrected chi connectivity index (χ0v) is 23.2. The third-order valence-corrected chi connectivity index (χ3v) is 8.25. The molecule has 1 saturated heterocycles. The van der Waals surface area contributed by atoms with Crippen LogP contribution in [0.2, 0.25) is 10.2 Å². The van der Waals surface area contributed by atoms with Gasteiger partial charge in [0.05, 0.1) is 28.8 Å². The third kappa shape index (κ3) is 7.55. The second-order valence-corrected chi connectivity index (χ2v) is 11.3. The van der Waals surface area contributed by atoms with Crippen molar-refractivity contribution in [2.24, 2.45) is 11.3 Å². The van der Waals surface area contributed by atoms with Crippen molar-refractivity contribution in [3.05, 3.63) is 40.4 Å². The van der Waals surface area contributed by atoms with Gasteiger partial charge in [-0.2, -0.15) is 5.26 Å². The molecule has 2 aliphatic rings. The summed E-state index contributed by atoms with van der Waals surface area (Å²) in [5, 5.41) is 17.8. The van der Waals surface area contributed by atoms with E-state index in [1.165, 1.54) is 25.7 Å². The minimum absolute atomic E-state index is 0.375. The van der Waals surface area contributed by atoms with E-state index in [4.69, 9.17) is 32.7 Å². The van der Waals surface area contributed by atoms with Gasteiger partial charge >= 0.3 is 0 Å². The number of pyridine rings is 2. The summed E-state index contributed by atoms with van der Waals surface area (Å²) >= 11 is 13.0. The summed E-state index contributed by atoms with van der Waals surface area (Å²) in [6, 6.07) is 7.46. The van der Waals surface area contributed by atoms with E-state index in [1.807, 2.05) is 6.07 Å². The molecule has 2 aromatic rings. The Balaban J connectivity index is 1.41. The molecule has 7 nitrogen and oxygen atoms in total. The lowest BCUT2D eigenvalue weighted by molar-refractivity contribution is 0.0456. The minimum atomic E-state index is -0.463. The van der Waals surface area contributed by atoms with Crippen LogP contribution < -0.4 is 10.6 Å². The van der Waals surface area contributed by atoms with Crippen molar-refractivity contribution < 1.29 is 9.47 Å². The normalized spacial score (nSPS) is 22.2. The first-order chi connectivity index (χ1) is 17.9. The summed E-state index contributed by atoms with van der Waals surface area (Å²) in [5.41, 5.74) is 3.04. The van der Waals surface area contributed by atoms with Gasteiger partial charge in [-0.25, -0.2) is 4.98 Å². The summed E-state index contributed by atoms with van der Waals surface area (Å²) in [4.78, 5) is 9.03. The second-order valence-electron chi connectivity index (χ2n) is 10.5. The molecule has 0 bridgehead atoms. The van der Waals surface area contributed by atoms with Crippen LogP contribution in [-0.2, 0) is 15.9 Å². The number of nitriles is 1. The SMILES string of the molecule is COC[C@H](C)NC1CCC(Cc2cc(-c3cnc(Cl)c(NCC4(C#N)CCOCC4)c3)c(Cl)cn2)CC1. The standard InChI is InChI=1S/C28H37Cl2N5O2/c1-19(16-36-2)35-22-5-3-20(4-6-22)11-23-13-24(25(29)15-32-23)21-12-26(27(30)33-14-21)34-18-28(17-31)7-9-37-10-8-28/h12-15,19-20,22,34-35H,3-11,16,18H2,1-2H3/t19-,20?,22?/m0/s1. The van der Waals surface area contributed by atoms with Crippen LogP contribution in [0.5, 0.6) is 0 Å². The van der Waals surface area contributed by atoms with Crippen molar-refractivity contribution in [3.63, 3.8) is 0 Å². The maximum atomic E-state index is 9.77. The van der Waals surface area contributed by atoms with Crippen LogP contribution in [0.1, 0.15) is 51.1 Å². The summed E-state index contributed by atoms with van der Waals surface area (Å²) < 4.78 is 10.7. The fourth-order valence-electron chi connectivity index (χ4n) is 5.42. The number of hydrogen-bond acceptors (Lipinski definition) is 7. The molecule has 0 aromatic carbocycles. The Morgan fingerprint density at radius 3 is 2.62 bits per heavy atom. The maximum Gasteiger partial charge on any atom is 0.152 e. The number of halogens is 2. The molecule has 9 heteroatoms. The minimum Gasteiger partial charge on any atom is -0.383 e. The molecule has 0 radical (unpaired) electrons. The Kier molecular flexibility index (Phi) is 10.0. The van der Waals surface area contributed by atoms with Gasteiger partial charge in [0.2, 0.25) is 0 Å². The lowest BCUT2D eigenvalue weighted by Crippen LogP contribution is -2.41. The quantitative estimate of drug-likeness (QED) is 0.358. The maximum absolute atomic E-state index is 9.77. The lowest BCUT2D eigenvalue weighted by Gasteiger charge is -2.31. The van der Waals surface area contributed by atoms with Gasteiger partial charge in [-0.15, -0.1) is 0 Å². The van der Waals surface area contributed by atoms with Crippen LogP contribution >= 0.6 is 23.2 Å². The van der Waals surface area contributed by atoms with E-state index < -0.39 is 5.41 Å². The molecule has 0 amide bonds. The van der Waals surface area contributed by atoms with Crippen LogP contribution in [-0.4, -0.2) is 55.5 Å². The molecule has 2 N–H and O–H groups in total. The summed E-state index contributed by atoms with van der Waals surface area (Å²) in [7, 11) is 1.75. The fraction of sp³-hybridized carbons (Fsp3) is 0.607. The molecule has 4 rings (SSSR count). The smallest absolute Gasteiger partial charge is 0.152 e. The lowest BCUT2D eigenvalue weighted by atomic mass is 9.81. The van der Waals surface area contributed by atoms with Crippen LogP contribution in [0, 0.1) is 22.7 Å². The van der Waals surface area contributed by atoms with Crippen LogP contribution in [0.15, 0.2) is 24.5 Å². The molecule has 1 aliphatic carbocycles. The first kappa shape index (κ1) is 28.1. The number of hydrogen-bond donors (Lipinski definition) is 2. The highest BCUT2D eigenvalue weighted by Crippen LogP contribution is 2.35. The molecule has 200 valence electrons. The monoisotopic (exact) mass is 545 g/mol. The highest BCUT2D eigenvalue weighted by molar-refractivity contribution is 6.33. The van der Waals surface area contributed by atoms with Gasteiger partial charge in [-0.1, -0.05) is 23.2 Å². The van der Waals surface area contributed by atoms with Gasteiger partial charge in [-0.05, 0) is 69.9 Å². The van der Waals surface area contributed by atoms with E-state index in [9.17, 15) is 5.26 Å². The third-order valence-electron chi connectivity index (χ3n) is 7.65. The predicted octanol–water partition coefficient (Wildman–Crippen LogP) is 5.91. The second kappa shape index (κ2) is 13.2. The van der Waals surface area contributed by atoms with Gasteiger partial charge in [0, 0.05) is 68.2 Å². The number of anilines is 1. The van der Waals surface area contributed by atoms with E-state index in [2.05, 4.69) is 39.7 Å². The highest BCUT2D eigenvalue weighted by Gasteiger charge is 2.32. The molecular formula is C28H37Cl2N5O2. The molecule has 1 saturated carbocycles. The first-order valence-corrected chi connectivity index (χ1v) is 13.9. The van der Waals surface area contributed by atoms with E-state index in [-0.39, 0.29) is 0 Å². The Bertz CT molecular complexity index is 1080. The molecule has 2 fully saturated rings. The molecule has 1 atom stereocenters. The van der Waals surface area contributed by atoms with Gasteiger partial charge in [-0.3, -0.25) is 4.98 Å². The average molecular weight is 547 g/mol. The number of ether oxygens (including phenoxy) is 2. The molecule has 37 heavy (non-hydrogen) atoms. The molecule has 3 heterocycles. The van der Waals surface area contributed by atoms with Gasteiger partial charge in [0.1, 0.15) is 0 Å². The van der Waals surface area contributed by atoms with Gasteiger partial charge in [0.15, 0.2) is 5.15 Å². The van der Waals surface area contributed by atoms with Crippen LogP contribution in [0.4, 0.5) is 5.69 Å². The molecular weight excluding hydrogens is 509 g/mol. The van der Waals surface area contributed by atoms with Crippen molar-refractivity contribution in [1.82, 2.24) is 15.3 Å². The van der Waals surface area contributed by atoms with E-state index in [1.54, 1.807) is 19.5 Å². The van der Waals surface area contributed by atoms with E-state index in [0.29, 0.717) is 66.5 Å². The molecule has 0 spiro atoms. The van der Waals surface area contributed by atoms with Crippen molar-refractivity contribution >= 4 is 28.9 Å². The predicted molar refractivity (Wildman–Crippen MR) is 148 cm³/mol. The zero-order chi connectivity index (χ0) is 26.3. The zero-order valence-electron chi connectivity index (χ0n) is 21.7. The van der Waals surface area contributed by atoms with Crippen molar-refractivity contribution in [2.75, 3.05) is 38.8 Å². The van der Waals surface area contributed by atoms with Gasteiger partial charge < -0.3 is 20.1 Å². The highest BCUT2D eigenvalue weighted by atomic mass is 35.5. The van der Waals surface area contributed by atoms with Crippen molar-refractivity contribution in [3.8, 4) is 17.2 Å². The number of nitrogens with one attached hydrogen (secondary N) is 2. The number of nitrogens with zero attached hydrogens (tertiary/aromatic N) is 3. The van der Waals surface area contributed by atoms with E-state index in [0.717, 1.165) is 29.8 Å².